The van der Waals surface area contributed by atoms with Crippen LogP contribution in [0.15, 0.2) is 46.9 Å². The van der Waals surface area contributed by atoms with Crippen LogP contribution in [0.5, 0.6) is 0 Å². The van der Waals surface area contributed by atoms with Gasteiger partial charge in [-0.3, -0.25) is 14.4 Å². The first-order chi connectivity index (χ1) is 14.2. The normalized spacial score (nSPS) is 18.2. The van der Waals surface area contributed by atoms with Crippen molar-refractivity contribution in [1.82, 2.24) is 10.2 Å². The van der Waals surface area contributed by atoms with E-state index in [0.717, 1.165) is 5.56 Å². The monoisotopic (exact) mass is 493 g/mol. The SMILES string of the molecule is CC(=O)Nc1ccc(Br)cc1C(=O)N1C[C@H](O)C[C@H]1C(=O)NCc1ccc(Cl)cc1. The Hall–Kier alpha value is -2.42. The molecule has 2 atom stereocenters. The Balaban J connectivity index is 1.77. The van der Waals surface area contributed by atoms with Crippen LogP contribution in [0.3, 0.4) is 0 Å². The first-order valence-corrected chi connectivity index (χ1v) is 10.5. The van der Waals surface area contributed by atoms with Crippen molar-refractivity contribution in [3.63, 3.8) is 0 Å². The third kappa shape index (κ3) is 5.38. The summed E-state index contributed by atoms with van der Waals surface area (Å²) >= 11 is 9.20. The first-order valence-electron chi connectivity index (χ1n) is 9.33. The Kier molecular flexibility index (Phi) is 7.12. The van der Waals surface area contributed by atoms with Gasteiger partial charge in [-0.15, -0.1) is 0 Å². The lowest BCUT2D eigenvalue weighted by atomic mass is 10.1. The maximum Gasteiger partial charge on any atom is 0.256 e. The van der Waals surface area contributed by atoms with Crippen LogP contribution in [0.4, 0.5) is 5.69 Å². The van der Waals surface area contributed by atoms with Crippen molar-refractivity contribution in [3.05, 3.63) is 63.1 Å². The lowest BCUT2D eigenvalue weighted by molar-refractivity contribution is -0.125. The summed E-state index contributed by atoms with van der Waals surface area (Å²) in [4.78, 5) is 38.8. The Bertz CT molecular complexity index is 967. The molecule has 1 aliphatic heterocycles. The molecule has 0 aromatic heterocycles. The van der Waals surface area contributed by atoms with Crippen LogP contribution >= 0.6 is 27.5 Å². The molecule has 0 bridgehead atoms. The van der Waals surface area contributed by atoms with E-state index in [1.807, 2.05) is 0 Å². The molecule has 2 aromatic rings. The quantitative estimate of drug-likeness (QED) is 0.595. The van der Waals surface area contributed by atoms with Gasteiger partial charge in [0.15, 0.2) is 0 Å². The predicted octanol–water partition coefficient (Wildman–Crippen LogP) is 2.95. The van der Waals surface area contributed by atoms with E-state index in [4.69, 9.17) is 11.6 Å². The number of aliphatic hydroxyl groups is 1. The van der Waals surface area contributed by atoms with Gasteiger partial charge in [-0.2, -0.15) is 0 Å². The van der Waals surface area contributed by atoms with E-state index in [2.05, 4.69) is 26.6 Å². The van der Waals surface area contributed by atoms with Crippen molar-refractivity contribution in [2.24, 2.45) is 0 Å². The summed E-state index contributed by atoms with van der Waals surface area (Å²) in [5.74, 6) is -1.11. The minimum atomic E-state index is -0.816. The van der Waals surface area contributed by atoms with Gasteiger partial charge in [0, 0.05) is 35.9 Å². The van der Waals surface area contributed by atoms with Crippen molar-refractivity contribution in [1.29, 1.82) is 0 Å². The third-order valence-corrected chi connectivity index (χ3v) is 5.49. The van der Waals surface area contributed by atoms with E-state index in [0.29, 0.717) is 15.2 Å². The second-order valence-corrected chi connectivity index (χ2v) is 8.43. The molecule has 158 valence electrons. The van der Waals surface area contributed by atoms with E-state index in [1.54, 1.807) is 42.5 Å². The fourth-order valence-electron chi connectivity index (χ4n) is 3.34. The fourth-order valence-corrected chi connectivity index (χ4v) is 3.83. The van der Waals surface area contributed by atoms with Crippen LogP contribution < -0.4 is 10.6 Å². The number of amides is 3. The summed E-state index contributed by atoms with van der Waals surface area (Å²) in [6, 6.07) is 11.2. The van der Waals surface area contributed by atoms with E-state index in [-0.39, 0.29) is 36.9 Å². The number of carbonyl (C=O) groups excluding carboxylic acids is 3. The highest BCUT2D eigenvalue weighted by atomic mass is 79.9. The highest BCUT2D eigenvalue weighted by molar-refractivity contribution is 9.10. The van der Waals surface area contributed by atoms with Gasteiger partial charge in [0.05, 0.1) is 17.4 Å². The summed E-state index contributed by atoms with van der Waals surface area (Å²) < 4.78 is 0.656. The Morgan fingerprint density at radius 1 is 1.20 bits per heavy atom. The molecule has 9 heteroatoms. The second-order valence-electron chi connectivity index (χ2n) is 7.08. The molecular formula is C21H21BrClN3O4. The maximum atomic E-state index is 13.2. The molecule has 1 saturated heterocycles. The molecule has 3 N–H and O–H groups in total. The smallest absolute Gasteiger partial charge is 0.256 e. The van der Waals surface area contributed by atoms with Crippen LogP contribution in [-0.4, -0.2) is 46.4 Å². The summed E-state index contributed by atoms with van der Waals surface area (Å²) in [6.45, 7) is 1.66. The number of benzene rings is 2. The van der Waals surface area contributed by atoms with E-state index < -0.39 is 18.1 Å². The summed E-state index contributed by atoms with van der Waals surface area (Å²) in [5.41, 5.74) is 1.45. The number of anilines is 1. The lowest BCUT2D eigenvalue weighted by Gasteiger charge is -2.25. The maximum absolute atomic E-state index is 13.2. The molecular weight excluding hydrogens is 474 g/mol. The number of hydrogen-bond donors (Lipinski definition) is 3. The predicted molar refractivity (Wildman–Crippen MR) is 117 cm³/mol. The molecule has 2 aromatic carbocycles. The molecule has 3 rings (SSSR count). The van der Waals surface area contributed by atoms with Crippen molar-refractivity contribution in [3.8, 4) is 0 Å². The van der Waals surface area contributed by atoms with Gasteiger partial charge in [0.25, 0.3) is 5.91 Å². The van der Waals surface area contributed by atoms with Gasteiger partial charge in [0.2, 0.25) is 11.8 Å². The Morgan fingerprint density at radius 3 is 2.57 bits per heavy atom. The summed E-state index contributed by atoms with van der Waals surface area (Å²) in [6.07, 6.45) is -0.668. The van der Waals surface area contributed by atoms with Crippen molar-refractivity contribution < 1.29 is 19.5 Å². The number of hydrogen-bond acceptors (Lipinski definition) is 4. The van der Waals surface area contributed by atoms with Crippen LogP contribution in [0, 0.1) is 0 Å². The first kappa shape index (κ1) is 22.3. The zero-order chi connectivity index (χ0) is 21.8. The second kappa shape index (κ2) is 9.59. The highest BCUT2D eigenvalue weighted by Gasteiger charge is 2.39. The van der Waals surface area contributed by atoms with Gasteiger partial charge in [-0.05, 0) is 35.9 Å². The zero-order valence-corrected chi connectivity index (χ0v) is 18.5. The number of β-amino-alcohol motifs (C(OH)–C–C–N with tert-alkyl or cyclic N) is 1. The number of halogens is 2. The lowest BCUT2D eigenvalue weighted by Crippen LogP contribution is -2.46. The standard InChI is InChI=1S/C21H21BrClN3O4/c1-12(27)25-18-7-4-14(22)8-17(18)21(30)26-11-16(28)9-19(26)20(29)24-10-13-2-5-15(23)6-3-13/h2-8,16,19,28H,9-11H2,1H3,(H,24,29)(H,25,27)/t16-,19+/m1/s1. The highest BCUT2D eigenvalue weighted by Crippen LogP contribution is 2.27. The third-order valence-electron chi connectivity index (χ3n) is 4.75. The van der Waals surface area contributed by atoms with Crippen LogP contribution in [0.1, 0.15) is 29.3 Å². The van der Waals surface area contributed by atoms with Gasteiger partial charge >= 0.3 is 0 Å². The van der Waals surface area contributed by atoms with Gasteiger partial charge in [-0.25, -0.2) is 0 Å². The molecule has 1 aliphatic rings. The number of nitrogens with zero attached hydrogens (tertiary/aromatic N) is 1. The molecule has 1 fully saturated rings. The molecule has 0 aliphatic carbocycles. The Morgan fingerprint density at radius 2 is 1.90 bits per heavy atom. The van der Waals surface area contributed by atoms with Gasteiger partial charge in [-0.1, -0.05) is 39.7 Å². The molecule has 3 amide bonds. The van der Waals surface area contributed by atoms with Crippen LogP contribution in [-0.2, 0) is 16.1 Å². The average Bonchev–Trinajstić information content (AvgIpc) is 3.09. The molecule has 30 heavy (non-hydrogen) atoms. The van der Waals surface area contributed by atoms with Crippen LogP contribution in [0.25, 0.3) is 0 Å². The minimum Gasteiger partial charge on any atom is -0.391 e. The van der Waals surface area contributed by atoms with Crippen molar-refractivity contribution in [2.45, 2.75) is 32.0 Å². The molecule has 0 spiro atoms. The van der Waals surface area contributed by atoms with Gasteiger partial charge in [0.1, 0.15) is 6.04 Å². The number of carbonyl (C=O) groups is 3. The molecule has 1 heterocycles. The summed E-state index contributed by atoms with van der Waals surface area (Å²) in [7, 11) is 0. The molecule has 0 radical (unpaired) electrons. The van der Waals surface area contributed by atoms with E-state index >= 15 is 0 Å². The Labute approximate surface area is 187 Å². The topological polar surface area (TPSA) is 98.7 Å². The zero-order valence-electron chi connectivity index (χ0n) is 16.2. The van der Waals surface area contributed by atoms with Crippen molar-refractivity contribution in [2.75, 3.05) is 11.9 Å². The van der Waals surface area contributed by atoms with Gasteiger partial charge < -0.3 is 20.6 Å². The average molecular weight is 495 g/mol. The fraction of sp³-hybridized carbons (Fsp3) is 0.286. The van der Waals surface area contributed by atoms with Crippen molar-refractivity contribution >= 4 is 50.9 Å². The number of rotatable bonds is 5. The number of aliphatic hydroxyl groups excluding tert-OH is 1. The molecule has 0 saturated carbocycles. The molecule has 0 unspecified atom stereocenters. The number of nitrogens with one attached hydrogen (secondary N) is 2. The van der Waals surface area contributed by atoms with Crippen LogP contribution in [0.2, 0.25) is 5.02 Å². The summed E-state index contributed by atoms with van der Waals surface area (Å²) in [5, 5.41) is 16.2. The largest absolute Gasteiger partial charge is 0.391 e. The minimum absolute atomic E-state index is 0.0316. The number of likely N-dealkylation sites (tertiary alicyclic amines) is 1. The van der Waals surface area contributed by atoms with E-state index in [1.165, 1.54) is 11.8 Å². The van der Waals surface area contributed by atoms with E-state index in [9.17, 15) is 19.5 Å². The molecule has 7 nitrogen and oxygen atoms in total.